The molecule has 0 unspecified atom stereocenters. The third-order valence-corrected chi connectivity index (χ3v) is 10.0. The van der Waals surface area contributed by atoms with E-state index in [1.54, 1.807) is 18.2 Å². The van der Waals surface area contributed by atoms with E-state index in [1.807, 2.05) is 30.3 Å². The third-order valence-electron chi connectivity index (χ3n) is 10.0. The summed E-state index contributed by atoms with van der Waals surface area (Å²) in [7, 11) is 0. The van der Waals surface area contributed by atoms with E-state index >= 15 is 0 Å². The molecular formula is C50H32N4. The van der Waals surface area contributed by atoms with Gasteiger partial charge >= 0.3 is 0 Å². The van der Waals surface area contributed by atoms with Gasteiger partial charge in [0.1, 0.15) is 6.07 Å². The van der Waals surface area contributed by atoms with Gasteiger partial charge in [0.2, 0.25) is 0 Å². The predicted molar refractivity (Wildman–Crippen MR) is 221 cm³/mol. The summed E-state index contributed by atoms with van der Waals surface area (Å²) in [6, 6.07) is 71.3. The molecule has 9 rings (SSSR count). The van der Waals surface area contributed by atoms with Crippen LogP contribution in [0.3, 0.4) is 0 Å². The van der Waals surface area contributed by atoms with Gasteiger partial charge in [-0.15, -0.1) is 0 Å². The van der Waals surface area contributed by atoms with E-state index < -0.39 is 0 Å². The first kappa shape index (κ1) is 32.3. The van der Waals surface area contributed by atoms with Crippen molar-refractivity contribution >= 4 is 38.9 Å². The molecule has 0 aliphatic carbocycles. The second-order valence-electron chi connectivity index (χ2n) is 13.3. The van der Waals surface area contributed by atoms with Crippen molar-refractivity contribution in [1.82, 2.24) is 4.57 Å². The molecular weight excluding hydrogens is 657 g/mol. The summed E-state index contributed by atoms with van der Waals surface area (Å²) < 4.78 is 2.35. The Labute approximate surface area is 314 Å². The molecule has 0 fully saturated rings. The van der Waals surface area contributed by atoms with Crippen LogP contribution in [0.25, 0.3) is 60.9 Å². The number of anilines is 3. The highest BCUT2D eigenvalue weighted by Crippen LogP contribution is 2.41. The lowest BCUT2D eigenvalue weighted by atomic mass is 10.00. The lowest BCUT2D eigenvalue weighted by Crippen LogP contribution is -2.12. The van der Waals surface area contributed by atoms with Gasteiger partial charge in [-0.3, -0.25) is 0 Å². The molecule has 0 radical (unpaired) electrons. The Kier molecular flexibility index (Phi) is 8.25. The van der Waals surface area contributed by atoms with Crippen LogP contribution in [-0.4, -0.2) is 4.57 Å². The minimum absolute atomic E-state index is 0.482. The Bertz CT molecular complexity index is 2880. The van der Waals surface area contributed by atoms with Crippen LogP contribution in [-0.2, 0) is 0 Å². The first-order valence-electron chi connectivity index (χ1n) is 17.9. The van der Waals surface area contributed by atoms with Gasteiger partial charge in [0.05, 0.1) is 33.9 Å². The summed E-state index contributed by atoms with van der Waals surface area (Å²) in [6.45, 7) is 0. The minimum Gasteiger partial charge on any atom is -0.309 e. The molecule has 0 saturated heterocycles. The van der Waals surface area contributed by atoms with Gasteiger partial charge in [0, 0.05) is 27.8 Å². The molecule has 1 aromatic heterocycles. The van der Waals surface area contributed by atoms with Crippen LogP contribution in [0.4, 0.5) is 17.1 Å². The molecule has 0 bridgehead atoms. The molecule has 8 aromatic carbocycles. The molecule has 0 spiro atoms. The zero-order valence-electron chi connectivity index (χ0n) is 29.3. The monoisotopic (exact) mass is 688 g/mol. The standard InChI is InChI=1S/C50H32N4/c51-33-35-19-20-42(34-52)49(29-35)53(44-25-21-38(22-26-44)36-11-4-1-5-12-36)45-18-10-15-39(30-45)41-23-27-46-47-31-40(37-13-6-2-7-14-37)24-28-48(47)54(50(46)32-41)43-16-8-3-9-17-43/h1-32H. The van der Waals surface area contributed by atoms with E-state index in [-0.39, 0.29) is 0 Å². The number of nitriles is 2. The second kappa shape index (κ2) is 13.8. The molecule has 1 heterocycles. The van der Waals surface area contributed by atoms with Crippen molar-refractivity contribution in [2.75, 3.05) is 4.90 Å². The van der Waals surface area contributed by atoms with Crippen molar-refractivity contribution in [2.45, 2.75) is 0 Å². The van der Waals surface area contributed by atoms with Crippen LogP contribution in [0.5, 0.6) is 0 Å². The van der Waals surface area contributed by atoms with Crippen molar-refractivity contribution in [2.24, 2.45) is 0 Å². The van der Waals surface area contributed by atoms with Gasteiger partial charge < -0.3 is 9.47 Å². The lowest BCUT2D eigenvalue weighted by molar-refractivity contribution is 1.18. The number of nitrogens with zero attached hydrogens (tertiary/aromatic N) is 4. The van der Waals surface area contributed by atoms with Gasteiger partial charge in [-0.25, -0.2) is 0 Å². The van der Waals surface area contributed by atoms with Crippen LogP contribution in [0.2, 0.25) is 0 Å². The number of aromatic nitrogens is 1. The number of benzene rings is 8. The van der Waals surface area contributed by atoms with E-state index in [4.69, 9.17) is 0 Å². The Hall–Kier alpha value is -7.66. The summed E-state index contributed by atoms with van der Waals surface area (Å²) >= 11 is 0. The molecule has 0 atom stereocenters. The summed E-state index contributed by atoms with van der Waals surface area (Å²) in [6.07, 6.45) is 0. The Balaban J connectivity index is 1.20. The highest BCUT2D eigenvalue weighted by atomic mass is 15.1. The molecule has 54 heavy (non-hydrogen) atoms. The fourth-order valence-corrected chi connectivity index (χ4v) is 7.43. The van der Waals surface area contributed by atoms with Crippen LogP contribution in [0, 0.1) is 22.7 Å². The molecule has 0 aliphatic heterocycles. The summed E-state index contributed by atoms with van der Waals surface area (Å²) in [5.74, 6) is 0. The third kappa shape index (κ3) is 5.85. The molecule has 252 valence electrons. The SMILES string of the molecule is N#Cc1ccc(C#N)c(N(c2ccc(-c3ccccc3)cc2)c2cccc(-c3ccc4c5cc(-c6ccccc6)ccc5n(-c5ccccc5)c4c3)c2)c1. The maximum absolute atomic E-state index is 10.3. The van der Waals surface area contributed by atoms with Crippen molar-refractivity contribution in [1.29, 1.82) is 10.5 Å². The molecule has 0 N–H and O–H groups in total. The minimum atomic E-state index is 0.482. The maximum atomic E-state index is 10.3. The largest absolute Gasteiger partial charge is 0.309 e. The molecule has 0 amide bonds. The quantitative estimate of drug-likeness (QED) is 0.167. The Morgan fingerprint density at radius 1 is 0.389 bits per heavy atom. The average Bonchev–Trinajstić information content (AvgIpc) is 3.58. The van der Waals surface area contributed by atoms with Crippen LogP contribution in [0.1, 0.15) is 11.1 Å². The van der Waals surface area contributed by atoms with E-state index in [0.29, 0.717) is 16.8 Å². The van der Waals surface area contributed by atoms with Crippen LogP contribution < -0.4 is 4.90 Å². The molecule has 0 saturated carbocycles. The van der Waals surface area contributed by atoms with Crippen molar-refractivity contribution in [3.05, 3.63) is 205 Å². The van der Waals surface area contributed by atoms with E-state index in [9.17, 15) is 10.5 Å². The number of hydrogen-bond donors (Lipinski definition) is 0. The van der Waals surface area contributed by atoms with Gasteiger partial charge in [-0.2, -0.15) is 10.5 Å². The first-order chi connectivity index (χ1) is 26.7. The van der Waals surface area contributed by atoms with Crippen molar-refractivity contribution < 1.29 is 0 Å². The normalized spacial score (nSPS) is 10.9. The fraction of sp³-hybridized carbons (Fsp3) is 0. The van der Waals surface area contributed by atoms with Gasteiger partial charge in [-0.1, -0.05) is 121 Å². The van der Waals surface area contributed by atoms with E-state index in [2.05, 4.69) is 167 Å². The number of hydrogen-bond acceptors (Lipinski definition) is 3. The highest BCUT2D eigenvalue weighted by Gasteiger charge is 2.19. The van der Waals surface area contributed by atoms with Crippen molar-refractivity contribution in [3.63, 3.8) is 0 Å². The smallest absolute Gasteiger partial charge is 0.101 e. The Morgan fingerprint density at radius 2 is 0.981 bits per heavy atom. The number of rotatable bonds is 7. The summed E-state index contributed by atoms with van der Waals surface area (Å²) in [4.78, 5) is 2.07. The van der Waals surface area contributed by atoms with E-state index in [1.165, 1.54) is 21.9 Å². The number of para-hydroxylation sites is 1. The van der Waals surface area contributed by atoms with Crippen LogP contribution in [0.15, 0.2) is 194 Å². The Morgan fingerprint density at radius 3 is 1.69 bits per heavy atom. The second-order valence-corrected chi connectivity index (χ2v) is 13.3. The molecule has 4 heteroatoms. The maximum Gasteiger partial charge on any atom is 0.101 e. The van der Waals surface area contributed by atoms with Crippen molar-refractivity contribution in [3.8, 4) is 51.2 Å². The first-order valence-corrected chi connectivity index (χ1v) is 17.9. The lowest BCUT2D eigenvalue weighted by Gasteiger charge is -2.27. The topological polar surface area (TPSA) is 55.8 Å². The fourth-order valence-electron chi connectivity index (χ4n) is 7.43. The predicted octanol–water partition coefficient (Wildman–Crippen LogP) is 13.0. The van der Waals surface area contributed by atoms with Gasteiger partial charge in [0.25, 0.3) is 0 Å². The van der Waals surface area contributed by atoms with E-state index in [0.717, 1.165) is 50.3 Å². The molecule has 9 aromatic rings. The zero-order chi connectivity index (χ0) is 36.4. The average molecular weight is 689 g/mol. The van der Waals surface area contributed by atoms with Gasteiger partial charge in [-0.05, 0) is 106 Å². The number of fused-ring (bicyclic) bond motifs is 3. The van der Waals surface area contributed by atoms with Crippen LogP contribution >= 0.6 is 0 Å². The summed E-state index contributed by atoms with van der Waals surface area (Å²) in [5, 5.41) is 22.5. The highest BCUT2D eigenvalue weighted by molar-refractivity contribution is 6.11. The summed E-state index contributed by atoms with van der Waals surface area (Å²) in [5.41, 5.74) is 13.4. The van der Waals surface area contributed by atoms with Gasteiger partial charge in [0.15, 0.2) is 0 Å². The molecule has 4 nitrogen and oxygen atoms in total. The molecule has 0 aliphatic rings. The zero-order valence-corrected chi connectivity index (χ0v) is 29.3.